The summed E-state index contributed by atoms with van der Waals surface area (Å²) in [5.74, 6) is 0. The third-order valence-corrected chi connectivity index (χ3v) is 3.45. The van der Waals surface area contributed by atoms with Crippen LogP contribution in [0.3, 0.4) is 0 Å². The molecule has 0 aromatic heterocycles. The van der Waals surface area contributed by atoms with E-state index in [0.717, 1.165) is 32.5 Å². The maximum atomic E-state index is 11.6. The Kier molecular flexibility index (Phi) is 5.80. The minimum atomic E-state index is -0.673. The van der Waals surface area contributed by atoms with Crippen molar-refractivity contribution in [2.24, 2.45) is 0 Å². The third kappa shape index (κ3) is 6.03. The smallest absolute Gasteiger partial charge is 0.427 e. The lowest BCUT2D eigenvalue weighted by Gasteiger charge is -2.32. The molecule has 0 spiro atoms. The van der Waals surface area contributed by atoms with Crippen molar-refractivity contribution in [3.63, 3.8) is 0 Å². The molecule has 1 atom stereocenters. The predicted molar refractivity (Wildman–Crippen MR) is 85.2 cm³/mol. The minimum Gasteiger partial charge on any atom is -0.427 e. The summed E-state index contributed by atoms with van der Waals surface area (Å²) in [6.07, 6.45) is 1.41. The molecule has 1 saturated heterocycles. The van der Waals surface area contributed by atoms with E-state index in [1.165, 1.54) is 5.56 Å². The number of ether oxygens (including phenoxy) is 1. The molecule has 0 radical (unpaired) electrons. The lowest BCUT2D eigenvalue weighted by Crippen LogP contribution is -2.46. The van der Waals surface area contributed by atoms with Gasteiger partial charge in [-0.1, -0.05) is 30.3 Å². The van der Waals surface area contributed by atoms with Gasteiger partial charge >= 0.3 is 6.16 Å². The molecule has 22 heavy (non-hydrogen) atoms. The lowest BCUT2D eigenvalue weighted by atomic mass is 10.1. The number of rotatable bonds is 4. The maximum Gasteiger partial charge on any atom is 0.528 e. The zero-order valence-electron chi connectivity index (χ0n) is 13.7. The average molecular weight is 306 g/mol. The second-order valence-electron chi connectivity index (χ2n) is 6.74. The van der Waals surface area contributed by atoms with Crippen molar-refractivity contribution in [3.8, 4) is 0 Å². The first kappa shape index (κ1) is 16.8. The number of hydroxylamine groups is 1. The molecule has 1 aliphatic heterocycles. The molecule has 0 unspecified atom stereocenters. The summed E-state index contributed by atoms with van der Waals surface area (Å²) in [4.78, 5) is 18.9. The van der Waals surface area contributed by atoms with Gasteiger partial charge < -0.3 is 9.57 Å². The Morgan fingerprint density at radius 1 is 1.32 bits per heavy atom. The van der Waals surface area contributed by atoms with Crippen molar-refractivity contribution in [2.75, 3.05) is 13.1 Å². The standard InChI is InChI=1S/C17H26N2O3/c1-17(2,3)21-16(20)22-18-15-10-7-11-19(13-15)12-14-8-5-4-6-9-14/h4-6,8-9,15,18H,7,10-13H2,1-3H3/t15-/m0/s1. The average Bonchev–Trinajstić information content (AvgIpc) is 2.45. The monoisotopic (exact) mass is 306 g/mol. The van der Waals surface area contributed by atoms with Gasteiger partial charge in [0, 0.05) is 13.1 Å². The van der Waals surface area contributed by atoms with Gasteiger partial charge in [-0.25, -0.2) is 4.79 Å². The van der Waals surface area contributed by atoms with Crippen molar-refractivity contribution in [3.05, 3.63) is 35.9 Å². The van der Waals surface area contributed by atoms with Gasteiger partial charge in [-0.05, 0) is 45.7 Å². The van der Waals surface area contributed by atoms with Gasteiger partial charge in [-0.2, -0.15) is 0 Å². The topological polar surface area (TPSA) is 50.8 Å². The lowest BCUT2D eigenvalue weighted by molar-refractivity contribution is -0.0462. The van der Waals surface area contributed by atoms with Crippen LogP contribution in [-0.4, -0.2) is 35.8 Å². The Hall–Kier alpha value is -1.59. The number of carbonyl (C=O) groups is 1. The zero-order valence-corrected chi connectivity index (χ0v) is 13.7. The summed E-state index contributed by atoms with van der Waals surface area (Å²) in [7, 11) is 0. The number of hydrogen-bond donors (Lipinski definition) is 1. The first-order chi connectivity index (χ1) is 10.4. The van der Waals surface area contributed by atoms with Crippen LogP contribution in [0.4, 0.5) is 4.79 Å². The fraction of sp³-hybridized carbons (Fsp3) is 0.588. The van der Waals surface area contributed by atoms with Crippen molar-refractivity contribution in [1.82, 2.24) is 10.4 Å². The van der Waals surface area contributed by atoms with E-state index in [1.807, 2.05) is 26.8 Å². The van der Waals surface area contributed by atoms with Crippen LogP contribution in [0, 0.1) is 0 Å². The highest BCUT2D eigenvalue weighted by Crippen LogP contribution is 2.14. The maximum absolute atomic E-state index is 11.6. The molecule has 122 valence electrons. The highest BCUT2D eigenvalue weighted by Gasteiger charge is 2.23. The molecule has 1 aromatic rings. The molecule has 0 bridgehead atoms. The summed E-state index contributed by atoms with van der Waals surface area (Å²) in [5, 5.41) is 0. The number of benzene rings is 1. The van der Waals surface area contributed by atoms with Crippen LogP contribution in [0.2, 0.25) is 0 Å². The fourth-order valence-electron chi connectivity index (χ4n) is 2.54. The molecule has 1 N–H and O–H groups in total. The SMILES string of the molecule is CC(C)(C)OC(=O)ON[C@H]1CCCN(Cc2ccccc2)C1. The second-order valence-corrected chi connectivity index (χ2v) is 6.74. The summed E-state index contributed by atoms with van der Waals surface area (Å²) in [5.41, 5.74) is 3.61. The van der Waals surface area contributed by atoms with E-state index in [4.69, 9.17) is 9.57 Å². The quantitative estimate of drug-likeness (QED) is 0.684. The number of nitrogens with one attached hydrogen (secondary N) is 1. The van der Waals surface area contributed by atoms with E-state index in [-0.39, 0.29) is 6.04 Å². The second kappa shape index (κ2) is 7.61. The molecule has 0 amide bonds. The number of nitrogens with zero attached hydrogens (tertiary/aromatic N) is 1. The van der Waals surface area contributed by atoms with Crippen LogP contribution in [0.25, 0.3) is 0 Å². The van der Waals surface area contributed by atoms with Gasteiger partial charge in [0.15, 0.2) is 0 Å². The van der Waals surface area contributed by atoms with Gasteiger partial charge in [0.25, 0.3) is 0 Å². The normalized spacial score (nSPS) is 19.7. The molecule has 1 heterocycles. The predicted octanol–water partition coefficient (Wildman–Crippen LogP) is 3.11. The largest absolute Gasteiger partial charge is 0.528 e. The van der Waals surface area contributed by atoms with Gasteiger partial charge in [0.05, 0.1) is 6.04 Å². The van der Waals surface area contributed by atoms with E-state index in [2.05, 4.69) is 34.6 Å². The Balaban J connectivity index is 1.75. The molecule has 2 rings (SSSR count). The van der Waals surface area contributed by atoms with E-state index >= 15 is 0 Å². The summed E-state index contributed by atoms with van der Waals surface area (Å²) in [6, 6.07) is 10.5. The van der Waals surface area contributed by atoms with Crippen LogP contribution in [0.5, 0.6) is 0 Å². The third-order valence-electron chi connectivity index (χ3n) is 3.45. The molecule has 5 heteroatoms. The zero-order chi connectivity index (χ0) is 16.0. The molecule has 0 aliphatic carbocycles. The number of hydrogen-bond acceptors (Lipinski definition) is 5. The summed E-state index contributed by atoms with van der Waals surface area (Å²) < 4.78 is 5.11. The summed E-state index contributed by atoms with van der Waals surface area (Å²) >= 11 is 0. The van der Waals surface area contributed by atoms with Crippen LogP contribution in [0.15, 0.2) is 30.3 Å². The summed E-state index contributed by atoms with van der Waals surface area (Å²) in [6.45, 7) is 8.30. The minimum absolute atomic E-state index is 0.144. The van der Waals surface area contributed by atoms with Gasteiger partial charge in [0.1, 0.15) is 5.60 Å². The molecular formula is C17H26N2O3. The van der Waals surface area contributed by atoms with Crippen molar-refractivity contribution in [1.29, 1.82) is 0 Å². The molecule has 1 aliphatic rings. The number of carbonyl (C=O) groups excluding carboxylic acids is 1. The van der Waals surface area contributed by atoms with Crippen LogP contribution in [-0.2, 0) is 16.1 Å². The van der Waals surface area contributed by atoms with Gasteiger partial charge in [0.2, 0.25) is 0 Å². The van der Waals surface area contributed by atoms with Crippen LogP contribution >= 0.6 is 0 Å². The first-order valence-electron chi connectivity index (χ1n) is 7.84. The van der Waals surface area contributed by atoms with Crippen molar-refractivity contribution >= 4 is 6.16 Å². The van der Waals surface area contributed by atoms with Crippen molar-refractivity contribution in [2.45, 2.75) is 51.8 Å². The Morgan fingerprint density at radius 3 is 2.73 bits per heavy atom. The highest BCUT2D eigenvalue weighted by molar-refractivity contribution is 5.60. The van der Waals surface area contributed by atoms with Crippen LogP contribution in [0.1, 0.15) is 39.2 Å². The molecule has 1 aromatic carbocycles. The fourth-order valence-corrected chi connectivity index (χ4v) is 2.54. The van der Waals surface area contributed by atoms with Gasteiger partial charge in [-0.15, -0.1) is 5.48 Å². The number of likely N-dealkylation sites (tertiary alicyclic amines) is 1. The molecule has 0 saturated carbocycles. The van der Waals surface area contributed by atoms with Crippen LogP contribution < -0.4 is 5.48 Å². The first-order valence-corrected chi connectivity index (χ1v) is 7.84. The molecular weight excluding hydrogens is 280 g/mol. The van der Waals surface area contributed by atoms with Crippen molar-refractivity contribution < 1.29 is 14.4 Å². The molecule has 1 fully saturated rings. The van der Waals surface area contributed by atoms with E-state index in [1.54, 1.807) is 0 Å². The highest BCUT2D eigenvalue weighted by atomic mass is 16.8. The number of piperidine rings is 1. The van der Waals surface area contributed by atoms with E-state index in [0.29, 0.717) is 0 Å². The Morgan fingerprint density at radius 2 is 2.05 bits per heavy atom. The Labute approximate surface area is 132 Å². The van der Waals surface area contributed by atoms with E-state index in [9.17, 15) is 4.79 Å². The van der Waals surface area contributed by atoms with E-state index < -0.39 is 11.8 Å². The Bertz CT molecular complexity index is 471. The molecule has 5 nitrogen and oxygen atoms in total. The van der Waals surface area contributed by atoms with Gasteiger partial charge in [-0.3, -0.25) is 4.90 Å².